The zero-order valence-electron chi connectivity index (χ0n) is 12.9. The number of benzene rings is 1. The molecule has 0 aliphatic carbocycles. The lowest BCUT2D eigenvalue weighted by Crippen LogP contribution is -2.33. The van der Waals surface area contributed by atoms with Crippen LogP contribution in [0.25, 0.3) is 0 Å². The molecule has 0 saturated heterocycles. The van der Waals surface area contributed by atoms with Gasteiger partial charge in [-0.25, -0.2) is 0 Å². The van der Waals surface area contributed by atoms with Gasteiger partial charge in [0, 0.05) is 36.4 Å². The minimum atomic E-state index is -0.180. The molecule has 24 heavy (non-hydrogen) atoms. The Morgan fingerprint density at radius 2 is 2.25 bits per heavy atom. The summed E-state index contributed by atoms with van der Waals surface area (Å²) >= 11 is 9.44. The second kappa shape index (κ2) is 9.38. The van der Waals surface area contributed by atoms with Crippen LogP contribution in [-0.2, 0) is 11.3 Å². The first-order valence-electron chi connectivity index (χ1n) is 7.31. The van der Waals surface area contributed by atoms with E-state index in [1.165, 1.54) is 0 Å². The standard InChI is InChI=1S/C17H16BrClN4O/c18-14-4-5-16(15(19)9-14)22-17(24)12-23(8-2-6-20)11-13-3-1-7-21-10-13/h1,3-5,7,9-10H,2,8,11-12H2,(H,22,24). The van der Waals surface area contributed by atoms with Gasteiger partial charge in [0.1, 0.15) is 0 Å². The van der Waals surface area contributed by atoms with E-state index in [4.69, 9.17) is 16.9 Å². The van der Waals surface area contributed by atoms with Crippen molar-refractivity contribution in [3.63, 3.8) is 0 Å². The van der Waals surface area contributed by atoms with Gasteiger partial charge in [0.25, 0.3) is 0 Å². The predicted octanol–water partition coefficient (Wildman–Crippen LogP) is 3.85. The van der Waals surface area contributed by atoms with Crippen LogP contribution in [0.1, 0.15) is 12.0 Å². The molecule has 0 bridgehead atoms. The van der Waals surface area contributed by atoms with Crippen molar-refractivity contribution in [3.05, 3.63) is 57.8 Å². The van der Waals surface area contributed by atoms with Gasteiger partial charge in [0.05, 0.1) is 23.3 Å². The van der Waals surface area contributed by atoms with Gasteiger partial charge >= 0.3 is 0 Å². The number of hydrogen-bond acceptors (Lipinski definition) is 4. The fourth-order valence-electron chi connectivity index (χ4n) is 2.16. The summed E-state index contributed by atoms with van der Waals surface area (Å²) in [4.78, 5) is 18.3. The first kappa shape index (κ1) is 18.4. The molecule has 2 rings (SSSR count). The first-order chi connectivity index (χ1) is 11.6. The van der Waals surface area contributed by atoms with Crippen molar-refractivity contribution < 1.29 is 4.79 Å². The van der Waals surface area contributed by atoms with Crippen LogP contribution in [0.4, 0.5) is 5.69 Å². The van der Waals surface area contributed by atoms with E-state index in [0.29, 0.717) is 30.2 Å². The number of pyridine rings is 1. The van der Waals surface area contributed by atoms with Crippen molar-refractivity contribution in [2.24, 2.45) is 0 Å². The summed E-state index contributed by atoms with van der Waals surface area (Å²) in [5.74, 6) is -0.180. The molecule has 0 fully saturated rings. The van der Waals surface area contributed by atoms with E-state index in [1.54, 1.807) is 24.5 Å². The van der Waals surface area contributed by atoms with Crippen LogP contribution in [-0.4, -0.2) is 28.9 Å². The number of anilines is 1. The zero-order chi connectivity index (χ0) is 17.4. The number of carbonyl (C=O) groups excluding carboxylic acids is 1. The highest BCUT2D eigenvalue weighted by atomic mass is 79.9. The van der Waals surface area contributed by atoms with Crippen molar-refractivity contribution in [1.82, 2.24) is 9.88 Å². The maximum absolute atomic E-state index is 12.3. The second-order valence-corrected chi connectivity index (χ2v) is 6.48. The smallest absolute Gasteiger partial charge is 0.238 e. The Morgan fingerprint density at radius 1 is 1.42 bits per heavy atom. The summed E-state index contributed by atoms with van der Waals surface area (Å²) in [6, 6.07) is 11.2. The third kappa shape index (κ3) is 5.93. The van der Waals surface area contributed by atoms with Gasteiger partial charge < -0.3 is 5.32 Å². The van der Waals surface area contributed by atoms with Crippen LogP contribution in [0, 0.1) is 11.3 Å². The Labute approximate surface area is 154 Å². The van der Waals surface area contributed by atoms with Crippen LogP contribution in [0.15, 0.2) is 47.2 Å². The van der Waals surface area contributed by atoms with Crippen molar-refractivity contribution >= 4 is 39.1 Å². The molecule has 5 nitrogen and oxygen atoms in total. The molecule has 1 aromatic heterocycles. The molecule has 0 radical (unpaired) electrons. The summed E-state index contributed by atoms with van der Waals surface area (Å²) in [7, 11) is 0. The SMILES string of the molecule is N#CCCN(CC(=O)Nc1ccc(Br)cc1Cl)Cc1cccnc1. The Morgan fingerprint density at radius 3 is 2.92 bits per heavy atom. The van der Waals surface area contributed by atoms with Gasteiger partial charge in [0.2, 0.25) is 5.91 Å². The Balaban J connectivity index is 1.99. The van der Waals surface area contributed by atoms with Gasteiger partial charge in [0.15, 0.2) is 0 Å². The molecule has 1 aromatic carbocycles. The van der Waals surface area contributed by atoms with Crippen molar-refractivity contribution in [1.29, 1.82) is 5.26 Å². The largest absolute Gasteiger partial charge is 0.324 e. The first-order valence-corrected chi connectivity index (χ1v) is 8.48. The maximum Gasteiger partial charge on any atom is 0.238 e. The molecule has 0 atom stereocenters. The number of nitriles is 1. The number of halogens is 2. The fourth-order valence-corrected chi connectivity index (χ4v) is 2.88. The molecule has 0 aliphatic heterocycles. The van der Waals surface area contributed by atoms with Crippen molar-refractivity contribution in [3.8, 4) is 6.07 Å². The summed E-state index contributed by atoms with van der Waals surface area (Å²) in [5.41, 5.74) is 1.55. The normalized spacial score (nSPS) is 10.4. The topological polar surface area (TPSA) is 69.0 Å². The number of rotatable bonds is 7. The highest BCUT2D eigenvalue weighted by molar-refractivity contribution is 9.10. The lowest BCUT2D eigenvalue weighted by Gasteiger charge is -2.20. The number of hydrogen-bond donors (Lipinski definition) is 1. The Kier molecular flexibility index (Phi) is 7.19. The van der Waals surface area contributed by atoms with E-state index in [-0.39, 0.29) is 12.5 Å². The number of nitrogens with one attached hydrogen (secondary N) is 1. The minimum Gasteiger partial charge on any atom is -0.324 e. The third-order valence-corrected chi connectivity index (χ3v) is 4.05. The van der Waals surface area contributed by atoms with Crippen LogP contribution in [0.5, 0.6) is 0 Å². The molecule has 7 heteroatoms. The molecule has 0 saturated carbocycles. The fraction of sp³-hybridized carbons (Fsp3) is 0.235. The molecule has 1 heterocycles. The Bertz CT molecular complexity index is 733. The molecule has 2 aromatic rings. The van der Waals surface area contributed by atoms with E-state index in [0.717, 1.165) is 10.0 Å². The summed E-state index contributed by atoms with van der Waals surface area (Å²) in [5, 5.41) is 12.1. The highest BCUT2D eigenvalue weighted by Crippen LogP contribution is 2.25. The maximum atomic E-state index is 12.3. The van der Waals surface area contributed by atoms with Crippen LogP contribution in [0.3, 0.4) is 0 Å². The molecule has 0 aliphatic rings. The molecule has 1 amide bonds. The van der Waals surface area contributed by atoms with E-state index >= 15 is 0 Å². The van der Waals surface area contributed by atoms with Crippen LogP contribution >= 0.6 is 27.5 Å². The van der Waals surface area contributed by atoms with E-state index in [2.05, 4.69) is 32.3 Å². The van der Waals surface area contributed by atoms with Gasteiger partial charge in [-0.3, -0.25) is 14.7 Å². The van der Waals surface area contributed by atoms with E-state index in [1.807, 2.05) is 23.1 Å². The monoisotopic (exact) mass is 406 g/mol. The molecule has 124 valence electrons. The third-order valence-electron chi connectivity index (χ3n) is 3.24. The average molecular weight is 408 g/mol. The van der Waals surface area contributed by atoms with Gasteiger partial charge in [-0.1, -0.05) is 33.6 Å². The van der Waals surface area contributed by atoms with Crippen LogP contribution < -0.4 is 5.32 Å². The molecular formula is C17H16BrClN4O. The molecule has 0 spiro atoms. The quantitative estimate of drug-likeness (QED) is 0.757. The van der Waals surface area contributed by atoms with Gasteiger partial charge in [-0.15, -0.1) is 0 Å². The van der Waals surface area contributed by atoms with E-state index < -0.39 is 0 Å². The van der Waals surface area contributed by atoms with Crippen molar-refractivity contribution in [2.45, 2.75) is 13.0 Å². The number of amides is 1. The summed E-state index contributed by atoms with van der Waals surface area (Å²) in [6.45, 7) is 1.23. The number of carbonyl (C=O) groups is 1. The number of aromatic nitrogens is 1. The zero-order valence-corrected chi connectivity index (χ0v) is 15.2. The number of nitrogens with zero attached hydrogens (tertiary/aromatic N) is 3. The molecular weight excluding hydrogens is 392 g/mol. The van der Waals surface area contributed by atoms with E-state index in [9.17, 15) is 4.79 Å². The molecule has 0 unspecified atom stereocenters. The molecule has 1 N–H and O–H groups in total. The summed E-state index contributed by atoms with van der Waals surface area (Å²) in [6.07, 6.45) is 3.81. The predicted molar refractivity (Wildman–Crippen MR) is 97.5 cm³/mol. The summed E-state index contributed by atoms with van der Waals surface area (Å²) < 4.78 is 0.845. The highest BCUT2D eigenvalue weighted by Gasteiger charge is 2.13. The van der Waals surface area contributed by atoms with Crippen LogP contribution in [0.2, 0.25) is 5.02 Å². The average Bonchev–Trinajstić information content (AvgIpc) is 2.56. The minimum absolute atomic E-state index is 0.170. The lowest BCUT2D eigenvalue weighted by molar-refractivity contribution is -0.117. The lowest BCUT2D eigenvalue weighted by atomic mass is 10.2. The Hall–Kier alpha value is -1.94. The van der Waals surface area contributed by atoms with Gasteiger partial charge in [-0.05, 0) is 29.8 Å². The van der Waals surface area contributed by atoms with Gasteiger partial charge in [-0.2, -0.15) is 5.26 Å². The van der Waals surface area contributed by atoms with Crippen molar-refractivity contribution in [2.75, 3.05) is 18.4 Å². The second-order valence-electron chi connectivity index (χ2n) is 5.15.